The normalized spacial score (nSPS) is 35.6. The summed E-state index contributed by atoms with van der Waals surface area (Å²) in [6.45, 7) is 5.16. The second kappa shape index (κ2) is 8.59. The summed E-state index contributed by atoms with van der Waals surface area (Å²) in [6.07, 6.45) is 3.72. The van der Waals surface area contributed by atoms with Gasteiger partial charge < -0.3 is 9.84 Å². The Morgan fingerprint density at radius 3 is 2.39 bits per heavy atom. The maximum atomic E-state index is 12.9. The number of nitrogens with zero attached hydrogens (tertiary/aromatic N) is 2. The Kier molecular flexibility index (Phi) is 6.05. The second-order valence-corrected chi connectivity index (χ2v) is 11.5. The van der Waals surface area contributed by atoms with Gasteiger partial charge in [0, 0.05) is 6.54 Å². The van der Waals surface area contributed by atoms with Crippen LogP contribution in [0.15, 0.2) is 12.1 Å². The van der Waals surface area contributed by atoms with Crippen LogP contribution in [0, 0.1) is 36.0 Å². The summed E-state index contributed by atoms with van der Waals surface area (Å²) >= 11 is 12.9. The molecule has 0 aromatic heterocycles. The van der Waals surface area contributed by atoms with E-state index in [1.54, 1.807) is 10.1 Å². The van der Waals surface area contributed by atoms with Crippen molar-refractivity contribution in [1.29, 1.82) is 0 Å². The van der Waals surface area contributed by atoms with Crippen LogP contribution in [0.4, 0.5) is 5.69 Å². The number of carboxylic acids is 1. The van der Waals surface area contributed by atoms with Crippen molar-refractivity contribution in [3.05, 3.63) is 27.7 Å². The van der Waals surface area contributed by atoms with Gasteiger partial charge in [-0.1, -0.05) is 30.1 Å². The first-order valence-electron chi connectivity index (χ1n) is 11.7. The van der Waals surface area contributed by atoms with Gasteiger partial charge in [-0.25, -0.2) is 5.06 Å². The Labute approximate surface area is 203 Å². The van der Waals surface area contributed by atoms with Crippen LogP contribution in [-0.2, 0) is 19.3 Å². The van der Waals surface area contributed by atoms with Gasteiger partial charge in [0.2, 0.25) is 0 Å². The van der Waals surface area contributed by atoms with Crippen molar-refractivity contribution in [2.24, 2.45) is 29.1 Å². The first kappa shape index (κ1) is 23.2. The second-order valence-electron chi connectivity index (χ2n) is 10.7. The van der Waals surface area contributed by atoms with Crippen molar-refractivity contribution in [3.8, 4) is 0 Å². The monoisotopic (exact) mass is 496 g/mol. The van der Waals surface area contributed by atoms with Crippen LogP contribution in [0.5, 0.6) is 0 Å². The Morgan fingerprint density at radius 1 is 1.15 bits per heavy atom. The highest BCUT2D eigenvalue weighted by atomic mass is 35.5. The minimum atomic E-state index is -0.684. The van der Waals surface area contributed by atoms with E-state index in [1.165, 1.54) is 0 Å². The predicted molar refractivity (Wildman–Crippen MR) is 124 cm³/mol. The Morgan fingerprint density at radius 2 is 1.79 bits per heavy atom. The number of halogens is 2. The maximum Gasteiger partial charge on any atom is 0.322 e. The van der Waals surface area contributed by atoms with Crippen molar-refractivity contribution in [2.45, 2.75) is 52.1 Å². The van der Waals surface area contributed by atoms with Crippen LogP contribution in [0.1, 0.15) is 44.6 Å². The van der Waals surface area contributed by atoms with Crippen molar-refractivity contribution in [2.75, 3.05) is 24.7 Å². The summed E-state index contributed by atoms with van der Waals surface area (Å²) in [5, 5.41) is 14.0. The fourth-order valence-electron chi connectivity index (χ4n) is 6.82. The highest BCUT2D eigenvalue weighted by molar-refractivity contribution is 6.39. The lowest BCUT2D eigenvalue weighted by Gasteiger charge is -2.57. The third-order valence-electron chi connectivity index (χ3n) is 7.83. The molecule has 3 atom stereocenters. The third-order valence-corrected chi connectivity index (χ3v) is 8.41. The van der Waals surface area contributed by atoms with Gasteiger partial charge in [0.25, 0.3) is 0 Å². The Balaban J connectivity index is 1.24. The number of rotatable bonds is 5. The molecule has 4 saturated carbocycles. The molecule has 1 heterocycles. The Bertz CT molecular complexity index is 933. The van der Waals surface area contributed by atoms with Gasteiger partial charge in [-0.2, -0.15) is 10.0 Å². The number of aliphatic carboxylic acids is 1. The average Bonchev–Trinajstić information content (AvgIpc) is 2.69. The fourth-order valence-corrected chi connectivity index (χ4v) is 7.60. The zero-order valence-corrected chi connectivity index (χ0v) is 20.4. The minimum absolute atomic E-state index is 0.00855. The first-order valence-corrected chi connectivity index (χ1v) is 12.5. The van der Waals surface area contributed by atoms with Gasteiger partial charge in [-0.3, -0.25) is 9.59 Å². The van der Waals surface area contributed by atoms with E-state index in [-0.39, 0.29) is 36.4 Å². The van der Waals surface area contributed by atoms with Crippen LogP contribution in [0.3, 0.4) is 0 Å². The number of hydroxylamine groups is 3. The van der Waals surface area contributed by atoms with Gasteiger partial charge in [-0.05, 0) is 80.4 Å². The standard InChI is InChI=1S/C24H30Cl2N2O5/c1-13-3-18(25)21(19(26)4-13)28-11-14(2)10-27(33-28)12-20(29)32-22-16-5-15-6-17(22)9-24(7-15,8-16)23(30)31/h3-4,14-17,22H,5-12H2,1-2H3,(H,30,31). The molecule has 1 N–H and O–H groups in total. The average molecular weight is 497 g/mol. The molecular weight excluding hydrogens is 467 g/mol. The molecule has 33 heavy (non-hydrogen) atoms. The van der Waals surface area contributed by atoms with Gasteiger partial charge in [0.15, 0.2) is 0 Å². The van der Waals surface area contributed by atoms with Crippen molar-refractivity contribution in [3.63, 3.8) is 0 Å². The fraction of sp³-hybridized carbons (Fsp3) is 0.667. The topological polar surface area (TPSA) is 79.3 Å². The van der Waals surface area contributed by atoms with E-state index in [0.717, 1.165) is 24.8 Å². The summed E-state index contributed by atoms with van der Waals surface area (Å²) < 4.78 is 5.97. The van der Waals surface area contributed by atoms with Crippen molar-refractivity contribution in [1.82, 2.24) is 5.06 Å². The number of carbonyl (C=O) groups excluding carboxylic acids is 1. The number of hydrogen-bond acceptors (Lipinski definition) is 6. The molecule has 5 aliphatic rings. The number of hydrogen-bond donors (Lipinski definition) is 1. The van der Waals surface area contributed by atoms with Crippen molar-refractivity contribution >= 4 is 40.8 Å². The van der Waals surface area contributed by atoms with Crippen LogP contribution in [0.25, 0.3) is 0 Å². The van der Waals surface area contributed by atoms with E-state index >= 15 is 0 Å². The number of anilines is 1. The van der Waals surface area contributed by atoms with Crippen LogP contribution in [-0.4, -0.2) is 47.8 Å². The molecule has 0 radical (unpaired) electrons. The number of ether oxygens (including phenoxy) is 1. The number of benzene rings is 1. The van der Waals surface area contributed by atoms with Gasteiger partial charge in [-0.15, -0.1) is 0 Å². The van der Waals surface area contributed by atoms with Gasteiger partial charge >= 0.3 is 11.9 Å². The number of esters is 1. The van der Waals surface area contributed by atoms with E-state index < -0.39 is 11.4 Å². The lowest BCUT2D eigenvalue weighted by molar-refractivity contribution is -0.219. The molecule has 9 heteroatoms. The SMILES string of the molecule is Cc1cc(Cl)c(N2CC(C)CN(CC(=O)OC3C4CC5CC3CC(C(=O)O)(C5)C4)O2)c(Cl)c1. The summed E-state index contributed by atoms with van der Waals surface area (Å²) in [5.74, 6) is -0.0878. The summed E-state index contributed by atoms with van der Waals surface area (Å²) in [5.41, 5.74) is 0.936. The quantitative estimate of drug-likeness (QED) is 0.590. The molecule has 0 amide bonds. The molecule has 1 aliphatic heterocycles. The predicted octanol–water partition coefficient (Wildman–Crippen LogP) is 4.73. The number of aryl methyl sites for hydroxylation is 1. The molecule has 5 fully saturated rings. The molecular formula is C24H30Cl2N2O5. The highest BCUT2D eigenvalue weighted by Gasteiger charge is 2.59. The molecule has 3 unspecified atom stereocenters. The minimum Gasteiger partial charge on any atom is -0.481 e. The molecule has 1 aromatic rings. The number of carbonyl (C=O) groups is 2. The molecule has 6 rings (SSSR count). The smallest absolute Gasteiger partial charge is 0.322 e. The lowest BCUT2D eigenvalue weighted by atomic mass is 9.48. The maximum absolute atomic E-state index is 12.9. The van der Waals surface area contributed by atoms with Crippen LogP contribution >= 0.6 is 23.2 Å². The third kappa shape index (κ3) is 4.33. The molecule has 0 spiro atoms. The molecule has 4 bridgehead atoms. The summed E-state index contributed by atoms with van der Waals surface area (Å²) in [4.78, 5) is 30.8. The van der Waals surface area contributed by atoms with Crippen LogP contribution < -0.4 is 5.06 Å². The largest absolute Gasteiger partial charge is 0.481 e. The van der Waals surface area contributed by atoms with E-state index in [2.05, 4.69) is 6.92 Å². The molecule has 180 valence electrons. The highest BCUT2D eigenvalue weighted by Crippen LogP contribution is 2.60. The first-order chi connectivity index (χ1) is 15.6. The van der Waals surface area contributed by atoms with Crippen molar-refractivity contribution < 1.29 is 24.4 Å². The molecule has 4 aliphatic carbocycles. The zero-order valence-electron chi connectivity index (χ0n) is 18.9. The number of carboxylic acid groups (broad SMARTS) is 1. The summed E-state index contributed by atoms with van der Waals surface area (Å²) in [6, 6.07) is 3.67. The van der Waals surface area contributed by atoms with Gasteiger partial charge in [0.1, 0.15) is 18.3 Å². The summed E-state index contributed by atoms with van der Waals surface area (Å²) in [7, 11) is 0. The van der Waals surface area contributed by atoms with E-state index in [0.29, 0.717) is 47.6 Å². The lowest BCUT2D eigenvalue weighted by Crippen LogP contribution is -2.57. The molecule has 7 nitrogen and oxygen atoms in total. The van der Waals surface area contributed by atoms with Crippen LogP contribution in [0.2, 0.25) is 10.0 Å². The van der Waals surface area contributed by atoms with E-state index in [4.69, 9.17) is 32.9 Å². The van der Waals surface area contributed by atoms with Gasteiger partial charge in [0.05, 0.1) is 22.0 Å². The molecule has 1 aromatic carbocycles. The zero-order chi connectivity index (χ0) is 23.5. The van der Waals surface area contributed by atoms with E-state index in [9.17, 15) is 14.7 Å². The molecule has 1 saturated heterocycles. The van der Waals surface area contributed by atoms with E-state index in [1.807, 2.05) is 19.1 Å². The Hall–Kier alpha value is -1.54.